The van der Waals surface area contributed by atoms with Crippen LogP contribution in [-0.4, -0.2) is 51.2 Å². The van der Waals surface area contributed by atoms with E-state index in [1.165, 1.54) is 11.1 Å². The smallest absolute Gasteiger partial charge is 0.254 e. The molecule has 2 aliphatic rings. The van der Waals surface area contributed by atoms with Gasteiger partial charge in [0.2, 0.25) is 0 Å². The molecule has 1 spiro atoms. The van der Waals surface area contributed by atoms with Gasteiger partial charge in [-0.15, -0.1) is 0 Å². The molecule has 1 aromatic heterocycles. The van der Waals surface area contributed by atoms with Crippen LogP contribution in [0.25, 0.3) is 11.0 Å². The number of amides is 1. The van der Waals surface area contributed by atoms with E-state index in [1.54, 1.807) is 11.9 Å². The summed E-state index contributed by atoms with van der Waals surface area (Å²) in [6.45, 7) is 2.27. The average Bonchev–Trinajstić information content (AvgIpc) is 3.24. The van der Waals surface area contributed by atoms with Gasteiger partial charge in [0.25, 0.3) is 5.91 Å². The number of hydrogen-bond acceptors (Lipinski definition) is 4. The summed E-state index contributed by atoms with van der Waals surface area (Å²) in [7, 11) is 3.74. The monoisotopic (exact) mass is 404 g/mol. The minimum atomic E-state index is -0.0477. The highest BCUT2D eigenvalue weighted by molar-refractivity contribution is 6.04. The van der Waals surface area contributed by atoms with Gasteiger partial charge in [-0.2, -0.15) is 0 Å². The molecule has 0 bridgehead atoms. The third-order valence-electron chi connectivity index (χ3n) is 6.94. The largest absolute Gasteiger partial charge is 0.395 e. The van der Waals surface area contributed by atoms with E-state index in [0.717, 1.165) is 53.8 Å². The quantitative estimate of drug-likeness (QED) is 0.704. The number of carbonyl (C=O) groups is 1. The second-order valence-corrected chi connectivity index (χ2v) is 8.84. The van der Waals surface area contributed by atoms with Crippen molar-refractivity contribution in [2.45, 2.75) is 38.1 Å². The Kier molecular flexibility index (Phi) is 4.36. The van der Waals surface area contributed by atoms with Gasteiger partial charge in [0.15, 0.2) is 0 Å². The van der Waals surface area contributed by atoms with Crippen LogP contribution < -0.4 is 5.32 Å². The minimum Gasteiger partial charge on any atom is -0.395 e. The van der Waals surface area contributed by atoms with Crippen LogP contribution in [0.3, 0.4) is 0 Å². The van der Waals surface area contributed by atoms with Crippen molar-refractivity contribution in [1.82, 2.24) is 14.5 Å². The zero-order valence-corrected chi connectivity index (χ0v) is 17.8. The van der Waals surface area contributed by atoms with Crippen LogP contribution in [0.15, 0.2) is 30.3 Å². The number of aryl methyl sites for hydroxylation is 2. The van der Waals surface area contributed by atoms with Crippen LogP contribution in [0.5, 0.6) is 0 Å². The molecule has 6 nitrogen and oxygen atoms in total. The van der Waals surface area contributed by atoms with Crippen LogP contribution in [0.1, 0.15) is 39.3 Å². The van der Waals surface area contributed by atoms with Gasteiger partial charge in [-0.1, -0.05) is 24.3 Å². The number of aromatic nitrogens is 2. The summed E-state index contributed by atoms with van der Waals surface area (Å²) in [6.07, 6.45) is 3.82. The molecule has 0 atom stereocenters. The molecule has 5 rings (SSSR count). The van der Waals surface area contributed by atoms with E-state index < -0.39 is 0 Å². The molecule has 156 valence electrons. The fourth-order valence-corrected chi connectivity index (χ4v) is 5.17. The highest BCUT2D eigenvalue weighted by Gasteiger charge is 2.41. The van der Waals surface area contributed by atoms with Crippen molar-refractivity contribution in [3.05, 3.63) is 58.4 Å². The number of hydrogen-bond donors (Lipinski definition) is 2. The Hall–Kier alpha value is -2.86. The highest BCUT2D eigenvalue weighted by atomic mass is 16.3. The summed E-state index contributed by atoms with van der Waals surface area (Å²) < 4.78 is 2.05. The van der Waals surface area contributed by atoms with Gasteiger partial charge in [-0.25, -0.2) is 4.98 Å². The second kappa shape index (κ2) is 6.84. The maximum Gasteiger partial charge on any atom is 0.254 e. The lowest BCUT2D eigenvalue weighted by atomic mass is 9.82. The summed E-state index contributed by atoms with van der Waals surface area (Å²) in [4.78, 5) is 19.7. The Morgan fingerprint density at radius 2 is 2.00 bits per heavy atom. The number of nitrogens with one attached hydrogen (secondary N) is 1. The third kappa shape index (κ3) is 2.82. The number of likely N-dealkylation sites (N-methyl/N-ethyl adjacent to an activating group) is 1. The number of benzene rings is 2. The average molecular weight is 405 g/mol. The Morgan fingerprint density at radius 1 is 1.30 bits per heavy atom. The van der Waals surface area contributed by atoms with Crippen molar-refractivity contribution in [1.29, 1.82) is 0 Å². The van der Waals surface area contributed by atoms with Crippen molar-refractivity contribution in [2.24, 2.45) is 7.05 Å². The molecule has 0 unspecified atom stereocenters. The normalized spacial score (nSPS) is 16.4. The summed E-state index contributed by atoms with van der Waals surface area (Å²) >= 11 is 0. The molecule has 2 aromatic carbocycles. The molecular formula is C24H28N4O2. The third-order valence-corrected chi connectivity index (χ3v) is 6.94. The molecule has 0 saturated carbocycles. The molecule has 2 heterocycles. The topological polar surface area (TPSA) is 70.4 Å². The second-order valence-electron chi connectivity index (χ2n) is 8.84. The van der Waals surface area contributed by atoms with Gasteiger partial charge < -0.3 is 19.9 Å². The molecule has 1 aliphatic carbocycles. The van der Waals surface area contributed by atoms with Gasteiger partial charge in [0, 0.05) is 31.7 Å². The maximum atomic E-state index is 13.2. The molecule has 2 N–H and O–H groups in total. The molecular weight excluding hydrogens is 376 g/mol. The molecule has 1 amide bonds. The molecule has 3 aromatic rings. The van der Waals surface area contributed by atoms with Gasteiger partial charge >= 0.3 is 0 Å². The Labute approximate surface area is 176 Å². The summed E-state index contributed by atoms with van der Waals surface area (Å²) in [5, 5.41) is 13.2. The van der Waals surface area contributed by atoms with Crippen LogP contribution in [0.2, 0.25) is 0 Å². The predicted molar refractivity (Wildman–Crippen MR) is 118 cm³/mol. The predicted octanol–water partition coefficient (Wildman–Crippen LogP) is 2.84. The molecule has 0 saturated heterocycles. The van der Waals surface area contributed by atoms with E-state index in [2.05, 4.69) is 29.6 Å². The van der Waals surface area contributed by atoms with Crippen LogP contribution in [0, 0.1) is 6.92 Å². The van der Waals surface area contributed by atoms with Crippen molar-refractivity contribution < 1.29 is 9.90 Å². The van der Waals surface area contributed by atoms with E-state index in [9.17, 15) is 9.90 Å². The number of imidazole rings is 1. The van der Waals surface area contributed by atoms with Gasteiger partial charge in [-0.3, -0.25) is 4.79 Å². The van der Waals surface area contributed by atoms with E-state index in [4.69, 9.17) is 4.98 Å². The molecule has 0 fully saturated rings. The summed E-state index contributed by atoms with van der Waals surface area (Å²) in [5.74, 6) is 0.880. The van der Waals surface area contributed by atoms with Gasteiger partial charge in [0.05, 0.1) is 17.8 Å². The first-order valence-electron chi connectivity index (χ1n) is 10.6. The molecule has 30 heavy (non-hydrogen) atoms. The lowest BCUT2D eigenvalue weighted by Crippen LogP contribution is -2.43. The zero-order chi connectivity index (χ0) is 21.0. The summed E-state index contributed by atoms with van der Waals surface area (Å²) in [5.41, 5.74) is 7.50. The van der Waals surface area contributed by atoms with Crippen molar-refractivity contribution in [3.63, 3.8) is 0 Å². The van der Waals surface area contributed by atoms with E-state index in [1.807, 2.05) is 24.6 Å². The zero-order valence-electron chi connectivity index (χ0n) is 17.8. The molecule has 6 heteroatoms. The number of anilines is 1. The Balaban J connectivity index is 1.64. The number of carbonyl (C=O) groups excluding carboxylic acids is 1. The van der Waals surface area contributed by atoms with Crippen LogP contribution in [0.4, 0.5) is 5.69 Å². The number of aliphatic hydroxyl groups excluding tert-OH is 1. The number of rotatable bonds is 3. The fraction of sp³-hybridized carbons (Fsp3) is 0.417. The first kappa shape index (κ1) is 19.1. The lowest BCUT2D eigenvalue weighted by Gasteiger charge is -2.38. The summed E-state index contributed by atoms with van der Waals surface area (Å²) in [6, 6.07) is 10.7. The number of fused-ring (bicyclic) bond motifs is 4. The van der Waals surface area contributed by atoms with Crippen molar-refractivity contribution in [2.75, 3.05) is 25.5 Å². The van der Waals surface area contributed by atoms with Crippen molar-refractivity contribution >= 4 is 22.6 Å². The van der Waals surface area contributed by atoms with E-state index in [0.29, 0.717) is 12.1 Å². The molecule has 0 radical (unpaired) electrons. The standard InChI is InChI=1S/C24H28N4O2/c1-15-25-22-20(28(15)3)12-19(23(30)27(2)10-11-29)18-8-9-24(26-21(18)22)13-16-6-4-5-7-17(16)14-24/h4-7,12,26,29H,8-11,13-14H2,1-3H3. The van der Waals surface area contributed by atoms with Crippen LogP contribution >= 0.6 is 0 Å². The lowest BCUT2D eigenvalue weighted by molar-refractivity contribution is 0.0765. The first-order chi connectivity index (χ1) is 14.4. The van der Waals surface area contributed by atoms with Crippen LogP contribution in [-0.2, 0) is 26.3 Å². The number of nitrogens with zero attached hydrogens (tertiary/aromatic N) is 3. The van der Waals surface area contributed by atoms with Gasteiger partial charge in [0.1, 0.15) is 11.3 Å². The molecule has 1 aliphatic heterocycles. The minimum absolute atomic E-state index is 0.0201. The Morgan fingerprint density at radius 3 is 2.67 bits per heavy atom. The first-order valence-corrected chi connectivity index (χ1v) is 10.6. The van der Waals surface area contributed by atoms with Gasteiger partial charge in [-0.05, 0) is 55.4 Å². The van der Waals surface area contributed by atoms with E-state index in [-0.39, 0.29) is 18.1 Å². The van der Waals surface area contributed by atoms with Crippen molar-refractivity contribution in [3.8, 4) is 0 Å². The van der Waals surface area contributed by atoms with E-state index >= 15 is 0 Å². The SMILES string of the molecule is Cc1nc2c3c(c(C(=O)N(C)CCO)cc2n1C)CCC1(Cc2ccccc2C1)N3. The number of aliphatic hydroxyl groups is 1. The highest BCUT2D eigenvalue weighted by Crippen LogP contribution is 2.44. The maximum absolute atomic E-state index is 13.2. The Bertz CT molecular complexity index is 1140. The fourth-order valence-electron chi connectivity index (χ4n) is 5.17.